The number of pyridine rings is 1. The van der Waals surface area contributed by atoms with Gasteiger partial charge in [-0.3, -0.25) is 10.1 Å². The van der Waals surface area contributed by atoms with Gasteiger partial charge in [-0.1, -0.05) is 42.6 Å². The normalized spacial score (nSPS) is 18.1. The quantitative estimate of drug-likeness (QED) is 0.322. The molecule has 0 bridgehead atoms. The second-order valence-corrected chi connectivity index (χ2v) is 10.9. The lowest BCUT2D eigenvalue weighted by Gasteiger charge is -2.32. The van der Waals surface area contributed by atoms with Gasteiger partial charge in [0.2, 0.25) is 5.91 Å². The van der Waals surface area contributed by atoms with Crippen LogP contribution in [0.4, 0.5) is 20.7 Å². The van der Waals surface area contributed by atoms with E-state index in [2.05, 4.69) is 21.7 Å². The van der Waals surface area contributed by atoms with Crippen LogP contribution in [0.3, 0.4) is 0 Å². The minimum Gasteiger partial charge on any atom is -0.322 e. The topological polar surface area (TPSA) is 124 Å². The van der Waals surface area contributed by atoms with Crippen LogP contribution >= 0.6 is 11.6 Å². The molecule has 2 aromatic carbocycles. The van der Waals surface area contributed by atoms with Gasteiger partial charge in [0, 0.05) is 12.7 Å². The van der Waals surface area contributed by atoms with Crippen LogP contribution in [0.1, 0.15) is 55.2 Å². The molecular formula is C30H30ClFN6O2. The predicted molar refractivity (Wildman–Crippen MR) is 151 cm³/mol. The first-order valence-electron chi connectivity index (χ1n) is 13.4. The summed E-state index contributed by atoms with van der Waals surface area (Å²) >= 11 is 5.86. The first-order valence-corrected chi connectivity index (χ1v) is 13.7. The molecule has 2 fully saturated rings. The van der Waals surface area contributed by atoms with Gasteiger partial charge in [0.15, 0.2) is 0 Å². The van der Waals surface area contributed by atoms with Gasteiger partial charge in [-0.05, 0) is 79.1 Å². The van der Waals surface area contributed by atoms with Crippen LogP contribution in [0, 0.1) is 23.1 Å². The molecule has 4 N–H and O–H groups in total. The third-order valence-corrected chi connectivity index (χ3v) is 7.89. The fourth-order valence-electron chi connectivity index (χ4n) is 5.19. The molecule has 1 saturated carbocycles. The Labute approximate surface area is 237 Å². The number of urea groups is 1. The molecule has 40 heavy (non-hydrogen) atoms. The molecule has 10 heteroatoms. The molecule has 0 radical (unpaired) electrons. The number of nitrogens with zero attached hydrogens (tertiary/aromatic N) is 3. The number of aromatic nitrogens is 1. The van der Waals surface area contributed by atoms with Crippen molar-refractivity contribution in [1.29, 1.82) is 5.26 Å². The number of anilines is 2. The van der Waals surface area contributed by atoms with E-state index < -0.39 is 29.3 Å². The maximum atomic E-state index is 15.0. The number of benzene rings is 2. The van der Waals surface area contributed by atoms with E-state index in [0.717, 1.165) is 12.0 Å². The minimum absolute atomic E-state index is 0.00758. The van der Waals surface area contributed by atoms with Crippen LogP contribution in [0.15, 0.2) is 60.8 Å². The number of halogens is 2. The molecule has 1 aromatic heterocycles. The molecule has 1 aliphatic heterocycles. The zero-order valence-corrected chi connectivity index (χ0v) is 22.6. The molecule has 1 saturated heterocycles. The van der Waals surface area contributed by atoms with Crippen molar-refractivity contribution < 1.29 is 14.0 Å². The largest absolute Gasteiger partial charge is 0.323 e. The van der Waals surface area contributed by atoms with Gasteiger partial charge in [0.05, 0.1) is 27.9 Å². The molecule has 2 heterocycles. The first-order chi connectivity index (χ1) is 19.3. The Balaban J connectivity index is 1.36. The number of nitrogens with one attached hydrogen (secondary N) is 2. The van der Waals surface area contributed by atoms with Crippen molar-refractivity contribution in [2.75, 3.05) is 17.2 Å². The van der Waals surface area contributed by atoms with Gasteiger partial charge in [-0.15, -0.1) is 0 Å². The lowest BCUT2D eigenvalue weighted by Crippen LogP contribution is -2.45. The van der Waals surface area contributed by atoms with Crippen molar-refractivity contribution in [3.63, 3.8) is 0 Å². The molecule has 8 nitrogen and oxygen atoms in total. The molecule has 1 aliphatic carbocycles. The second-order valence-electron chi connectivity index (χ2n) is 10.5. The number of rotatable bonds is 8. The fraction of sp³-hybridized carbons (Fsp3) is 0.333. The summed E-state index contributed by atoms with van der Waals surface area (Å²) in [5, 5.41) is 15.2. The van der Waals surface area contributed by atoms with Gasteiger partial charge in [0.25, 0.3) is 0 Å². The summed E-state index contributed by atoms with van der Waals surface area (Å²) in [5.74, 6) is -0.166. The van der Waals surface area contributed by atoms with Gasteiger partial charge in [-0.25, -0.2) is 14.2 Å². The van der Waals surface area contributed by atoms with E-state index in [1.807, 2.05) is 6.07 Å². The summed E-state index contributed by atoms with van der Waals surface area (Å²) in [6.07, 6.45) is 6.33. The highest BCUT2D eigenvalue weighted by molar-refractivity contribution is 6.30. The molecule has 0 spiro atoms. The fourth-order valence-corrected chi connectivity index (χ4v) is 5.30. The van der Waals surface area contributed by atoms with E-state index in [-0.39, 0.29) is 5.69 Å². The van der Waals surface area contributed by atoms with Gasteiger partial charge < -0.3 is 16.0 Å². The summed E-state index contributed by atoms with van der Waals surface area (Å²) < 4.78 is 15.0. The highest BCUT2D eigenvalue weighted by Gasteiger charge is 2.36. The third-order valence-electron chi connectivity index (χ3n) is 7.67. The molecule has 2 atom stereocenters. The van der Waals surface area contributed by atoms with Gasteiger partial charge >= 0.3 is 6.03 Å². The number of amides is 3. The summed E-state index contributed by atoms with van der Waals surface area (Å²) in [4.78, 5) is 31.7. The lowest BCUT2D eigenvalue weighted by atomic mass is 9.79. The number of nitrogens with two attached hydrogens (primary N) is 1. The van der Waals surface area contributed by atoms with Crippen molar-refractivity contribution in [3.05, 3.63) is 88.3 Å². The van der Waals surface area contributed by atoms with Crippen LogP contribution < -0.4 is 16.4 Å². The molecule has 2 unspecified atom stereocenters. The SMILES string of the molecule is N#Cc1cccc(C(N)(CCC2CC2)c2ccc(F)c(NC(=O)C3CCCN3C(=O)Nc3ccc(Cl)cn3)c2)c1. The van der Waals surface area contributed by atoms with Crippen molar-refractivity contribution in [2.24, 2.45) is 11.7 Å². The molecular weight excluding hydrogens is 531 g/mol. The van der Waals surface area contributed by atoms with E-state index in [4.69, 9.17) is 17.3 Å². The monoisotopic (exact) mass is 560 g/mol. The first kappa shape index (κ1) is 27.6. The second kappa shape index (κ2) is 11.6. The lowest BCUT2D eigenvalue weighted by molar-refractivity contribution is -0.119. The Morgan fingerprint density at radius 3 is 2.65 bits per heavy atom. The summed E-state index contributed by atoms with van der Waals surface area (Å²) in [6.45, 7) is 0.377. The third kappa shape index (κ3) is 6.09. The van der Waals surface area contributed by atoms with Gasteiger partial charge in [-0.2, -0.15) is 5.26 Å². The van der Waals surface area contributed by atoms with Crippen LogP contribution in [0.25, 0.3) is 0 Å². The highest BCUT2D eigenvalue weighted by atomic mass is 35.5. The summed E-state index contributed by atoms with van der Waals surface area (Å²) in [5.41, 5.74) is 7.93. The van der Waals surface area contributed by atoms with Crippen LogP contribution in [0.5, 0.6) is 0 Å². The number of likely N-dealkylation sites (tertiary alicyclic amines) is 1. The number of carbonyl (C=O) groups excluding carboxylic acids is 2. The van der Waals surface area contributed by atoms with Crippen molar-refractivity contribution in [1.82, 2.24) is 9.88 Å². The standard InChI is InChI=1S/C30H30ClFN6O2/c31-23-9-11-27(35-18-23)37-29(40)38-14-2-5-26(38)28(39)36-25-16-22(8-10-24(25)32)30(34,13-12-19-6-7-19)21-4-1-3-20(15-21)17-33/h1,3-4,8-11,15-16,18-19,26H,2,5-7,12-14,34H2,(H,36,39)(H,35,37,40). The Morgan fingerprint density at radius 2 is 1.93 bits per heavy atom. The molecule has 3 amide bonds. The van der Waals surface area contributed by atoms with E-state index >= 15 is 4.39 Å². The maximum absolute atomic E-state index is 15.0. The number of nitriles is 1. The van der Waals surface area contributed by atoms with Crippen LogP contribution in [0.2, 0.25) is 5.02 Å². The van der Waals surface area contributed by atoms with E-state index in [0.29, 0.717) is 53.7 Å². The number of hydrogen-bond acceptors (Lipinski definition) is 5. The minimum atomic E-state index is -0.979. The maximum Gasteiger partial charge on any atom is 0.323 e. The van der Waals surface area contributed by atoms with Crippen molar-refractivity contribution >= 4 is 35.0 Å². The number of hydrogen-bond donors (Lipinski definition) is 3. The average molecular weight is 561 g/mol. The molecule has 5 rings (SSSR count). The molecule has 3 aromatic rings. The Hall–Kier alpha value is -4.00. The van der Waals surface area contributed by atoms with Crippen molar-refractivity contribution in [2.45, 2.75) is 50.1 Å². The Bertz CT molecular complexity index is 1460. The van der Waals surface area contributed by atoms with E-state index in [1.54, 1.807) is 42.5 Å². The van der Waals surface area contributed by atoms with Crippen LogP contribution in [-0.4, -0.2) is 34.4 Å². The van der Waals surface area contributed by atoms with E-state index in [1.165, 1.54) is 30.0 Å². The van der Waals surface area contributed by atoms with E-state index in [9.17, 15) is 14.9 Å². The smallest absolute Gasteiger partial charge is 0.322 e. The Morgan fingerprint density at radius 1 is 1.12 bits per heavy atom. The van der Waals surface area contributed by atoms with Crippen molar-refractivity contribution in [3.8, 4) is 6.07 Å². The molecule has 2 aliphatic rings. The number of carbonyl (C=O) groups is 2. The summed E-state index contributed by atoms with van der Waals surface area (Å²) in [6, 6.07) is 15.7. The highest BCUT2D eigenvalue weighted by Crippen LogP contribution is 2.40. The predicted octanol–water partition coefficient (Wildman–Crippen LogP) is 5.77. The average Bonchev–Trinajstić information content (AvgIpc) is 3.66. The van der Waals surface area contributed by atoms with Gasteiger partial charge in [0.1, 0.15) is 17.7 Å². The molecule has 206 valence electrons. The Kier molecular flexibility index (Phi) is 8.01. The summed E-state index contributed by atoms with van der Waals surface area (Å²) in [7, 11) is 0. The van der Waals surface area contributed by atoms with Crippen LogP contribution in [-0.2, 0) is 10.3 Å². The zero-order valence-electron chi connectivity index (χ0n) is 21.9. The zero-order chi connectivity index (χ0) is 28.3.